The Hall–Kier alpha value is -2.48. The quantitative estimate of drug-likeness (QED) is 0.639. The number of nitrogens with zero attached hydrogens (tertiary/aromatic N) is 2. The third-order valence-corrected chi connectivity index (χ3v) is 4.50. The molecule has 0 aliphatic heterocycles. The van der Waals surface area contributed by atoms with Crippen LogP contribution in [0.3, 0.4) is 0 Å². The van der Waals surface area contributed by atoms with E-state index in [4.69, 9.17) is 0 Å². The summed E-state index contributed by atoms with van der Waals surface area (Å²) in [4.78, 5) is 0. The molecule has 1 aromatic carbocycles. The summed E-state index contributed by atoms with van der Waals surface area (Å²) in [5.41, 5.74) is 8.95. The zero-order valence-electron chi connectivity index (χ0n) is 14.6. The molecule has 0 unspecified atom stereocenters. The molecule has 2 nitrogen and oxygen atoms in total. The van der Waals surface area contributed by atoms with Gasteiger partial charge in [-0.3, -0.25) is 0 Å². The van der Waals surface area contributed by atoms with Crippen LogP contribution in [0, 0.1) is 20.8 Å². The van der Waals surface area contributed by atoms with Gasteiger partial charge in [-0.15, -0.1) is 0 Å². The Kier molecular flexibility index (Phi) is 3.99. The first-order valence-corrected chi connectivity index (χ1v) is 8.00. The highest BCUT2D eigenvalue weighted by molar-refractivity contribution is 5.73. The van der Waals surface area contributed by atoms with Crippen LogP contribution >= 0.6 is 0 Å². The highest BCUT2D eigenvalue weighted by Gasteiger charge is 2.19. The molecule has 0 atom stereocenters. The number of aryl methyl sites for hydroxylation is 4. The van der Waals surface area contributed by atoms with Crippen LogP contribution in [0.4, 0.5) is 0 Å². The lowest BCUT2D eigenvalue weighted by Gasteiger charge is -2.10. The second-order valence-electron chi connectivity index (χ2n) is 6.38. The molecule has 2 heteroatoms. The molecule has 0 radical (unpaired) electrons. The van der Waals surface area contributed by atoms with Crippen LogP contribution < -0.4 is 9.13 Å². The lowest BCUT2D eigenvalue weighted by molar-refractivity contribution is -0.660. The summed E-state index contributed by atoms with van der Waals surface area (Å²) >= 11 is 0. The van der Waals surface area contributed by atoms with Crippen molar-refractivity contribution in [2.75, 3.05) is 0 Å². The average Bonchev–Trinajstić information content (AvgIpc) is 2.53. The van der Waals surface area contributed by atoms with Crippen LogP contribution in [0.1, 0.15) is 16.7 Å². The SMILES string of the molecule is Cc1cc[n+](C)c(-c2cccc(-c3cc(C)cc[n+]3C)c2C)c1. The molecule has 0 N–H and O–H groups in total. The van der Waals surface area contributed by atoms with Crippen LogP contribution in [0.5, 0.6) is 0 Å². The fraction of sp³-hybridized carbons (Fsp3) is 0.238. The number of rotatable bonds is 2. The standard InChI is InChI=1S/C21H24N2/c1-15-9-11-22(4)20(13-15)18-7-6-8-19(17(18)3)21-14-16(2)10-12-23(21)5/h6-14H,1-5H3/q+2. The Bertz CT molecular complexity index is 809. The number of aromatic nitrogens is 2. The first-order chi connectivity index (χ1) is 11.0. The van der Waals surface area contributed by atoms with Gasteiger partial charge >= 0.3 is 0 Å². The molecule has 0 amide bonds. The van der Waals surface area contributed by atoms with Crippen LogP contribution in [0.15, 0.2) is 54.9 Å². The molecule has 3 aromatic rings. The molecular formula is C21H24N2+2. The summed E-state index contributed by atoms with van der Waals surface area (Å²) in [6.45, 7) is 6.50. The third kappa shape index (κ3) is 2.89. The van der Waals surface area contributed by atoms with E-state index >= 15 is 0 Å². The minimum absolute atomic E-state index is 1.25. The molecular weight excluding hydrogens is 280 g/mol. The summed E-state index contributed by atoms with van der Waals surface area (Å²) in [5.74, 6) is 0. The van der Waals surface area contributed by atoms with Crippen molar-refractivity contribution in [3.05, 3.63) is 71.5 Å². The zero-order valence-corrected chi connectivity index (χ0v) is 14.6. The monoisotopic (exact) mass is 304 g/mol. The van der Waals surface area contributed by atoms with Crippen molar-refractivity contribution in [3.8, 4) is 22.5 Å². The first-order valence-electron chi connectivity index (χ1n) is 8.00. The first kappa shape index (κ1) is 15.4. The summed E-state index contributed by atoms with van der Waals surface area (Å²) in [6, 6.07) is 15.4. The maximum absolute atomic E-state index is 2.25. The van der Waals surface area contributed by atoms with E-state index in [1.54, 1.807) is 0 Å². The second-order valence-corrected chi connectivity index (χ2v) is 6.38. The zero-order chi connectivity index (χ0) is 16.6. The molecule has 0 saturated carbocycles. The van der Waals surface area contributed by atoms with Gasteiger partial charge in [0.1, 0.15) is 14.1 Å². The molecule has 0 saturated heterocycles. The van der Waals surface area contributed by atoms with Crippen molar-refractivity contribution in [2.45, 2.75) is 20.8 Å². The maximum atomic E-state index is 2.25. The Morgan fingerprint density at radius 2 is 1.09 bits per heavy atom. The predicted molar refractivity (Wildman–Crippen MR) is 93.9 cm³/mol. The number of hydrogen-bond acceptors (Lipinski definition) is 0. The van der Waals surface area contributed by atoms with Gasteiger partial charge in [0.2, 0.25) is 11.4 Å². The van der Waals surface area contributed by atoms with E-state index in [9.17, 15) is 0 Å². The number of pyridine rings is 2. The van der Waals surface area contributed by atoms with Crippen molar-refractivity contribution >= 4 is 0 Å². The Morgan fingerprint density at radius 3 is 1.52 bits per heavy atom. The number of hydrogen-bond donors (Lipinski definition) is 0. The van der Waals surface area contributed by atoms with Crippen LogP contribution in [-0.2, 0) is 14.1 Å². The van der Waals surface area contributed by atoms with Gasteiger partial charge in [-0.2, -0.15) is 0 Å². The van der Waals surface area contributed by atoms with Gasteiger partial charge in [0.25, 0.3) is 0 Å². The molecule has 0 bridgehead atoms. The fourth-order valence-electron chi connectivity index (χ4n) is 3.08. The molecule has 2 heterocycles. The molecule has 23 heavy (non-hydrogen) atoms. The molecule has 2 aromatic heterocycles. The Balaban J connectivity index is 2.23. The Labute approximate surface area is 138 Å². The number of benzene rings is 1. The Morgan fingerprint density at radius 1 is 0.652 bits per heavy atom. The summed E-state index contributed by atoms with van der Waals surface area (Å²) in [6.07, 6.45) is 4.26. The van der Waals surface area contributed by atoms with Crippen LogP contribution in [-0.4, -0.2) is 0 Å². The van der Waals surface area contributed by atoms with E-state index in [0.29, 0.717) is 0 Å². The molecule has 0 fully saturated rings. The van der Waals surface area contributed by atoms with Gasteiger partial charge in [0.15, 0.2) is 12.4 Å². The van der Waals surface area contributed by atoms with Gasteiger partial charge < -0.3 is 0 Å². The van der Waals surface area contributed by atoms with Crippen molar-refractivity contribution < 1.29 is 9.13 Å². The smallest absolute Gasteiger partial charge is 0.201 e. The van der Waals surface area contributed by atoms with Gasteiger partial charge in [-0.05, 0) is 49.6 Å². The predicted octanol–water partition coefficient (Wildman–Crippen LogP) is 3.59. The second kappa shape index (κ2) is 5.96. The van der Waals surface area contributed by atoms with Crippen molar-refractivity contribution in [3.63, 3.8) is 0 Å². The van der Waals surface area contributed by atoms with Crippen molar-refractivity contribution in [2.24, 2.45) is 14.1 Å². The lowest BCUT2D eigenvalue weighted by Crippen LogP contribution is -2.31. The molecule has 0 spiro atoms. The van der Waals surface area contributed by atoms with E-state index in [1.807, 2.05) is 0 Å². The van der Waals surface area contributed by atoms with Crippen molar-refractivity contribution in [1.29, 1.82) is 0 Å². The summed E-state index contributed by atoms with van der Waals surface area (Å²) in [7, 11) is 4.21. The van der Waals surface area contributed by atoms with Gasteiger partial charge in [0.05, 0.1) is 0 Å². The summed E-state index contributed by atoms with van der Waals surface area (Å²) < 4.78 is 4.38. The molecule has 0 aliphatic carbocycles. The van der Waals surface area contributed by atoms with E-state index in [1.165, 1.54) is 39.2 Å². The van der Waals surface area contributed by atoms with Crippen LogP contribution in [0.2, 0.25) is 0 Å². The van der Waals surface area contributed by atoms with E-state index in [2.05, 4.69) is 98.9 Å². The minimum Gasteiger partial charge on any atom is -0.201 e. The largest absolute Gasteiger partial charge is 0.212 e. The van der Waals surface area contributed by atoms with Gasteiger partial charge in [0, 0.05) is 35.4 Å². The molecule has 116 valence electrons. The fourth-order valence-corrected chi connectivity index (χ4v) is 3.08. The normalized spacial score (nSPS) is 10.8. The van der Waals surface area contributed by atoms with E-state index in [0.717, 1.165) is 0 Å². The van der Waals surface area contributed by atoms with Gasteiger partial charge in [-0.25, -0.2) is 9.13 Å². The van der Waals surface area contributed by atoms with E-state index in [-0.39, 0.29) is 0 Å². The summed E-state index contributed by atoms with van der Waals surface area (Å²) in [5, 5.41) is 0. The minimum atomic E-state index is 1.25. The molecule has 0 aliphatic rings. The van der Waals surface area contributed by atoms with Crippen LogP contribution in [0.25, 0.3) is 22.5 Å². The highest BCUT2D eigenvalue weighted by Crippen LogP contribution is 2.29. The third-order valence-electron chi connectivity index (χ3n) is 4.50. The highest BCUT2D eigenvalue weighted by atomic mass is 14.9. The average molecular weight is 304 g/mol. The van der Waals surface area contributed by atoms with E-state index < -0.39 is 0 Å². The molecule has 3 rings (SSSR count). The lowest BCUT2D eigenvalue weighted by atomic mass is 9.96. The topological polar surface area (TPSA) is 7.76 Å². The van der Waals surface area contributed by atoms with Crippen molar-refractivity contribution in [1.82, 2.24) is 0 Å². The maximum Gasteiger partial charge on any atom is 0.212 e. The van der Waals surface area contributed by atoms with Gasteiger partial charge in [-0.1, -0.05) is 6.07 Å².